The molecule has 0 aromatic heterocycles. The fourth-order valence-electron chi connectivity index (χ4n) is 1.51. The lowest BCUT2D eigenvalue weighted by Gasteiger charge is -2.14. The zero-order valence-corrected chi connectivity index (χ0v) is 10.3. The van der Waals surface area contributed by atoms with Crippen LogP contribution >= 0.6 is 0 Å². The van der Waals surface area contributed by atoms with E-state index in [1.54, 1.807) is 19.1 Å². The number of urea groups is 1. The van der Waals surface area contributed by atoms with Gasteiger partial charge in [0, 0.05) is 12.5 Å². The molecule has 0 bridgehead atoms. The third-order valence-electron chi connectivity index (χ3n) is 2.29. The molecular weight excluding hydrogens is 250 g/mol. The highest BCUT2D eigenvalue weighted by Crippen LogP contribution is 2.14. The van der Waals surface area contributed by atoms with Gasteiger partial charge in [0.15, 0.2) is 0 Å². The van der Waals surface area contributed by atoms with Gasteiger partial charge in [0.25, 0.3) is 0 Å². The molecule has 1 aromatic carbocycles. The predicted molar refractivity (Wildman–Crippen MR) is 68.8 cm³/mol. The van der Waals surface area contributed by atoms with Crippen LogP contribution in [0.1, 0.15) is 23.7 Å². The molecule has 5 N–H and O–H groups in total. The van der Waals surface area contributed by atoms with E-state index in [0.29, 0.717) is 0 Å². The molecule has 1 rings (SSSR count). The molecule has 7 heteroatoms. The zero-order valence-electron chi connectivity index (χ0n) is 10.3. The molecule has 1 aromatic rings. The summed E-state index contributed by atoms with van der Waals surface area (Å²) in [6, 6.07) is 4.99. The molecule has 1 atom stereocenters. The number of nitrogens with one attached hydrogen (secondary N) is 2. The fourth-order valence-corrected chi connectivity index (χ4v) is 1.51. The lowest BCUT2D eigenvalue weighted by atomic mass is 10.2. The van der Waals surface area contributed by atoms with Crippen LogP contribution in [0.25, 0.3) is 0 Å². The topological polar surface area (TPSA) is 122 Å². The lowest BCUT2D eigenvalue weighted by Crippen LogP contribution is -2.38. The van der Waals surface area contributed by atoms with Crippen molar-refractivity contribution in [2.75, 3.05) is 5.32 Å². The Morgan fingerprint density at radius 2 is 1.95 bits per heavy atom. The van der Waals surface area contributed by atoms with Crippen molar-refractivity contribution < 1.29 is 19.5 Å². The van der Waals surface area contributed by atoms with Crippen LogP contribution in [-0.2, 0) is 4.79 Å². The minimum atomic E-state index is -1.14. The molecular formula is C12H15N3O4. The molecule has 0 fully saturated rings. The first-order valence-electron chi connectivity index (χ1n) is 5.58. The number of amides is 3. The second kappa shape index (κ2) is 6.39. The molecule has 0 aliphatic rings. The molecule has 1 unspecified atom stereocenters. The predicted octanol–water partition coefficient (Wildman–Crippen LogP) is 0.770. The first-order chi connectivity index (χ1) is 8.90. The Hall–Kier alpha value is -2.57. The van der Waals surface area contributed by atoms with Gasteiger partial charge in [-0.05, 0) is 19.1 Å². The number of anilines is 1. The van der Waals surface area contributed by atoms with Gasteiger partial charge in [-0.25, -0.2) is 9.59 Å². The smallest absolute Gasteiger partial charge is 0.337 e. The Balaban J connectivity index is 2.67. The van der Waals surface area contributed by atoms with Gasteiger partial charge in [-0.2, -0.15) is 0 Å². The maximum Gasteiger partial charge on any atom is 0.337 e. The molecule has 0 saturated carbocycles. The Labute approximate surface area is 109 Å². The van der Waals surface area contributed by atoms with Crippen LogP contribution in [0, 0.1) is 0 Å². The van der Waals surface area contributed by atoms with Gasteiger partial charge < -0.3 is 21.5 Å². The van der Waals surface area contributed by atoms with Crippen molar-refractivity contribution >= 4 is 23.6 Å². The van der Waals surface area contributed by atoms with Gasteiger partial charge in [-0.1, -0.05) is 12.1 Å². The van der Waals surface area contributed by atoms with Crippen LogP contribution in [0.5, 0.6) is 0 Å². The Morgan fingerprint density at radius 3 is 2.53 bits per heavy atom. The first-order valence-corrected chi connectivity index (χ1v) is 5.58. The number of primary amides is 1. The Bertz CT molecular complexity index is 502. The third-order valence-corrected chi connectivity index (χ3v) is 2.29. The van der Waals surface area contributed by atoms with E-state index in [-0.39, 0.29) is 17.7 Å². The molecule has 102 valence electrons. The number of hydrogen-bond donors (Lipinski definition) is 4. The van der Waals surface area contributed by atoms with E-state index in [1.807, 2.05) is 0 Å². The minimum absolute atomic E-state index is 0.00793. The maximum atomic E-state index is 11.6. The van der Waals surface area contributed by atoms with Crippen molar-refractivity contribution in [3.63, 3.8) is 0 Å². The van der Waals surface area contributed by atoms with E-state index in [1.165, 1.54) is 12.1 Å². The molecule has 0 radical (unpaired) electrons. The third kappa shape index (κ3) is 4.66. The number of hydrogen-bond acceptors (Lipinski definition) is 3. The summed E-state index contributed by atoms with van der Waals surface area (Å²) in [6.45, 7) is 1.62. The van der Waals surface area contributed by atoms with Crippen molar-refractivity contribution in [1.29, 1.82) is 0 Å². The molecule has 7 nitrogen and oxygen atoms in total. The molecule has 19 heavy (non-hydrogen) atoms. The van der Waals surface area contributed by atoms with E-state index in [0.717, 1.165) is 0 Å². The lowest BCUT2D eigenvalue weighted by molar-refractivity contribution is -0.118. The quantitative estimate of drug-likeness (QED) is 0.628. The highest BCUT2D eigenvalue weighted by Gasteiger charge is 2.13. The van der Waals surface area contributed by atoms with Crippen LogP contribution in [-0.4, -0.2) is 29.1 Å². The molecule has 0 aliphatic carbocycles. The number of nitrogens with two attached hydrogens (primary N) is 1. The van der Waals surface area contributed by atoms with Crippen molar-refractivity contribution in [3.8, 4) is 0 Å². The summed E-state index contributed by atoms with van der Waals surface area (Å²) in [5, 5.41) is 13.8. The number of carbonyl (C=O) groups is 3. The number of aromatic carboxylic acids is 1. The van der Waals surface area contributed by atoms with Gasteiger partial charge in [-0.15, -0.1) is 0 Å². The van der Waals surface area contributed by atoms with Gasteiger partial charge >= 0.3 is 12.0 Å². The fraction of sp³-hybridized carbons (Fsp3) is 0.250. The summed E-state index contributed by atoms with van der Waals surface area (Å²) in [6.07, 6.45) is 0.00793. The summed E-state index contributed by atoms with van der Waals surface area (Å²) >= 11 is 0. The summed E-state index contributed by atoms with van der Waals surface area (Å²) in [5.41, 5.74) is 5.16. The van der Waals surface area contributed by atoms with Gasteiger partial charge in [-0.3, -0.25) is 4.79 Å². The summed E-state index contributed by atoms with van der Waals surface area (Å²) in [5.74, 6) is -1.67. The summed E-state index contributed by atoms with van der Waals surface area (Å²) in [7, 11) is 0. The van der Waals surface area contributed by atoms with E-state index < -0.39 is 23.9 Å². The Kier molecular flexibility index (Phi) is 4.87. The normalized spacial score (nSPS) is 11.4. The van der Waals surface area contributed by atoms with Gasteiger partial charge in [0.05, 0.1) is 11.3 Å². The van der Waals surface area contributed by atoms with Crippen LogP contribution in [0.15, 0.2) is 24.3 Å². The second-order valence-electron chi connectivity index (χ2n) is 4.02. The first kappa shape index (κ1) is 14.5. The van der Waals surface area contributed by atoms with E-state index in [9.17, 15) is 14.4 Å². The average Bonchev–Trinajstić information content (AvgIpc) is 2.27. The Morgan fingerprint density at radius 1 is 1.32 bits per heavy atom. The highest BCUT2D eigenvalue weighted by atomic mass is 16.4. The van der Waals surface area contributed by atoms with E-state index in [2.05, 4.69) is 10.6 Å². The van der Waals surface area contributed by atoms with Crippen molar-refractivity contribution in [2.24, 2.45) is 5.73 Å². The monoisotopic (exact) mass is 265 g/mol. The van der Waals surface area contributed by atoms with E-state index >= 15 is 0 Å². The van der Waals surface area contributed by atoms with Crippen LogP contribution in [0.3, 0.4) is 0 Å². The van der Waals surface area contributed by atoms with Crippen molar-refractivity contribution in [3.05, 3.63) is 29.8 Å². The van der Waals surface area contributed by atoms with Gasteiger partial charge in [0.2, 0.25) is 5.91 Å². The number of carbonyl (C=O) groups excluding carboxylic acids is 2. The standard InChI is InChI=1S/C12H15N3O4/c1-7(6-10(13)16)14-12(19)15-9-5-3-2-4-8(9)11(17)18/h2-5,7H,6H2,1H3,(H2,13,16)(H,17,18)(H2,14,15,19). The summed E-state index contributed by atoms with van der Waals surface area (Å²) < 4.78 is 0. The van der Waals surface area contributed by atoms with Crippen molar-refractivity contribution in [2.45, 2.75) is 19.4 Å². The number of carboxylic acids is 1. The number of carboxylic acid groups (broad SMARTS) is 1. The molecule has 0 spiro atoms. The molecule has 0 saturated heterocycles. The minimum Gasteiger partial charge on any atom is -0.478 e. The van der Waals surface area contributed by atoms with Crippen LogP contribution < -0.4 is 16.4 Å². The molecule has 0 aliphatic heterocycles. The number of para-hydroxylation sites is 1. The molecule has 0 heterocycles. The SMILES string of the molecule is CC(CC(N)=O)NC(=O)Nc1ccccc1C(=O)O. The van der Waals surface area contributed by atoms with Crippen LogP contribution in [0.2, 0.25) is 0 Å². The molecule has 3 amide bonds. The maximum absolute atomic E-state index is 11.6. The van der Waals surface area contributed by atoms with Crippen LogP contribution in [0.4, 0.5) is 10.5 Å². The van der Waals surface area contributed by atoms with Gasteiger partial charge in [0.1, 0.15) is 0 Å². The van der Waals surface area contributed by atoms with Crippen molar-refractivity contribution in [1.82, 2.24) is 5.32 Å². The second-order valence-corrected chi connectivity index (χ2v) is 4.02. The largest absolute Gasteiger partial charge is 0.478 e. The van der Waals surface area contributed by atoms with E-state index in [4.69, 9.17) is 10.8 Å². The average molecular weight is 265 g/mol. The number of benzene rings is 1. The zero-order chi connectivity index (χ0) is 14.4. The summed E-state index contributed by atoms with van der Waals surface area (Å²) in [4.78, 5) is 33.2. The number of rotatable bonds is 5. The highest BCUT2D eigenvalue weighted by molar-refractivity contribution is 6.00.